The molecule has 1 unspecified atom stereocenters. The summed E-state index contributed by atoms with van der Waals surface area (Å²) in [6, 6.07) is 28.6. The number of piperidine rings is 2. The van der Waals surface area contributed by atoms with E-state index in [1.807, 2.05) is 111 Å². The lowest BCUT2D eigenvalue weighted by molar-refractivity contribution is -0.134. The largest absolute Gasteiger partial charge is 0.493 e. The second-order valence-corrected chi connectivity index (χ2v) is 21.8. The zero-order valence-corrected chi connectivity index (χ0v) is 43.6. The summed E-state index contributed by atoms with van der Waals surface area (Å²) in [5, 5.41) is 25.9. The molecule has 4 aromatic carbocycles. The number of nitrogens with one attached hydrogen (secondary N) is 3. The third-order valence-electron chi connectivity index (χ3n) is 14.3. The molecule has 2 saturated heterocycles. The van der Waals surface area contributed by atoms with Gasteiger partial charge < -0.3 is 24.8 Å². The number of likely N-dealkylation sites (tertiary alicyclic amines) is 1. The van der Waals surface area contributed by atoms with Crippen LogP contribution in [0.2, 0.25) is 0 Å². The molecule has 18 heteroatoms. The van der Waals surface area contributed by atoms with Gasteiger partial charge in [-0.25, -0.2) is 14.8 Å². The predicted octanol–water partition coefficient (Wildman–Crippen LogP) is 8.47. The van der Waals surface area contributed by atoms with Gasteiger partial charge in [0, 0.05) is 61.8 Å². The van der Waals surface area contributed by atoms with Gasteiger partial charge in [0.15, 0.2) is 10.8 Å². The number of rotatable bonds is 14. The first-order chi connectivity index (χ1) is 36.0. The number of aryl methyl sites for hydroxylation is 1. The zero-order chi connectivity index (χ0) is 52.6. The molecule has 0 aliphatic carbocycles. The van der Waals surface area contributed by atoms with Crippen LogP contribution in [0.3, 0.4) is 0 Å². The van der Waals surface area contributed by atoms with Crippen molar-refractivity contribution in [3.8, 4) is 16.9 Å². The molecule has 4 N–H and O–H groups in total. The molecule has 3 aliphatic rings. The van der Waals surface area contributed by atoms with Gasteiger partial charge in [0.1, 0.15) is 17.2 Å². The minimum Gasteiger partial charge on any atom is -0.493 e. The van der Waals surface area contributed by atoms with E-state index in [4.69, 9.17) is 14.5 Å². The van der Waals surface area contributed by atoms with Crippen LogP contribution in [0.1, 0.15) is 108 Å². The highest BCUT2D eigenvalue weighted by molar-refractivity contribution is 7.22. The van der Waals surface area contributed by atoms with Crippen LogP contribution in [0.5, 0.6) is 5.75 Å². The van der Waals surface area contributed by atoms with Crippen LogP contribution >= 0.6 is 11.3 Å². The standard InChI is InChI=1S/C57H61N9O8S/c1-34-37(38-19-21-47(60-51(38)54(71)74-56(2,3)4)66-27-23-35-11-8-13-39(42(35)32-66)52(69)62-55-59-43-14-6-7-16-46(43)75-55)12-9-15-45(34)73-30-10-24-57(72)25-28-65(29-26-57)33-49(68)58-36-17-18-40-44(31-36)64(5)63-50(40)41-20-22-48(67)61-53(41)70/h6-9,11-19,21,31,41,72H,10,20,22-30,32-33H2,1-5H3,(H,58,68)(H,59,62,69)(H,61,67,70). The Hall–Kier alpha value is -7.54. The number of nitrogens with zero attached hydrogens (tertiary/aromatic N) is 6. The van der Waals surface area contributed by atoms with Crippen molar-refractivity contribution < 1.29 is 38.6 Å². The van der Waals surface area contributed by atoms with Gasteiger partial charge in [-0.3, -0.25) is 39.4 Å². The number of esters is 1. The molecule has 3 aromatic heterocycles. The van der Waals surface area contributed by atoms with Crippen LogP contribution in [0, 0.1) is 6.92 Å². The maximum absolute atomic E-state index is 14.1. The molecule has 17 nitrogen and oxygen atoms in total. The third kappa shape index (κ3) is 11.3. The molecule has 0 saturated carbocycles. The van der Waals surface area contributed by atoms with E-state index in [0.717, 1.165) is 43.4 Å². The van der Waals surface area contributed by atoms with Crippen LogP contribution < -0.4 is 25.6 Å². The van der Waals surface area contributed by atoms with Gasteiger partial charge in [0.25, 0.3) is 5.91 Å². The van der Waals surface area contributed by atoms with Gasteiger partial charge in [0.05, 0.1) is 46.1 Å². The van der Waals surface area contributed by atoms with Crippen molar-refractivity contribution in [2.24, 2.45) is 7.05 Å². The van der Waals surface area contributed by atoms with Crippen LogP contribution in [-0.2, 0) is 39.1 Å². The number of benzene rings is 4. The molecule has 1 atom stereocenters. The maximum atomic E-state index is 14.1. The number of aromatic nitrogens is 4. The van der Waals surface area contributed by atoms with E-state index in [0.29, 0.717) is 111 Å². The van der Waals surface area contributed by atoms with Crippen LogP contribution in [0.15, 0.2) is 91.0 Å². The Labute approximate surface area is 438 Å². The summed E-state index contributed by atoms with van der Waals surface area (Å²) in [4.78, 5) is 79.1. The van der Waals surface area contributed by atoms with Gasteiger partial charge in [-0.1, -0.05) is 47.7 Å². The minimum absolute atomic E-state index is 0.171. The molecular weight excluding hydrogens is 971 g/mol. The summed E-state index contributed by atoms with van der Waals surface area (Å²) in [6.07, 6.45) is 3.51. The van der Waals surface area contributed by atoms with Crippen LogP contribution in [-0.4, -0.2) is 103 Å². The van der Waals surface area contributed by atoms with Crippen molar-refractivity contribution in [2.75, 3.05) is 48.3 Å². The Morgan fingerprint density at radius 2 is 1.71 bits per heavy atom. The number of pyridine rings is 1. The molecule has 388 valence electrons. The summed E-state index contributed by atoms with van der Waals surface area (Å²) in [5.41, 5.74) is 6.08. The second-order valence-electron chi connectivity index (χ2n) is 20.8. The molecular formula is C57H61N9O8S. The Kier molecular flexibility index (Phi) is 14.3. The number of para-hydroxylation sites is 1. The number of ether oxygens (including phenoxy) is 2. The first-order valence-corrected chi connectivity index (χ1v) is 26.3. The Morgan fingerprint density at radius 3 is 2.49 bits per heavy atom. The van der Waals surface area contributed by atoms with Crippen molar-refractivity contribution in [1.82, 2.24) is 30.0 Å². The van der Waals surface area contributed by atoms with E-state index in [1.54, 1.807) is 17.8 Å². The molecule has 0 bridgehead atoms. The highest BCUT2D eigenvalue weighted by atomic mass is 32.1. The van der Waals surface area contributed by atoms with Gasteiger partial charge in [-0.05, 0) is 143 Å². The number of carbonyl (C=O) groups excluding carboxylic acids is 5. The quantitative estimate of drug-likeness (QED) is 0.0458. The number of carbonyl (C=O) groups is 5. The number of fused-ring (bicyclic) bond motifs is 3. The molecule has 0 radical (unpaired) electrons. The monoisotopic (exact) mass is 1030 g/mol. The number of amides is 4. The zero-order valence-electron chi connectivity index (χ0n) is 42.8. The fraction of sp³-hybridized carbons (Fsp3) is 0.368. The summed E-state index contributed by atoms with van der Waals surface area (Å²) in [6.45, 7) is 10.1. The molecule has 6 heterocycles. The SMILES string of the molecule is Cc1c(OCCCC2(O)CCN(CC(=O)Nc3ccc4c(C5CCC(=O)NC5=O)nn(C)c4c3)CC2)cccc1-c1ccc(N2CCc3cccc(C(=O)Nc4nc5ccccc5s4)c3C2)nc1C(=O)OC(C)(C)C. The lowest BCUT2D eigenvalue weighted by atomic mass is 9.87. The van der Waals surface area contributed by atoms with Gasteiger partial charge >= 0.3 is 5.97 Å². The summed E-state index contributed by atoms with van der Waals surface area (Å²) >= 11 is 1.43. The number of anilines is 3. The highest BCUT2D eigenvalue weighted by Crippen LogP contribution is 2.37. The van der Waals surface area contributed by atoms with Gasteiger partial charge in [-0.15, -0.1) is 0 Å². The molecule has 7 aromatic rings. The first kappa shape index (κ1) is 51.0. The molecule has 4 amide bonds. The number of aliphatic hydroxyl groups is 1. The van der Waals surface area contributed by atoms with Gasteiger partial charge in [0.2, 0.25) is 17.7 Å². The second kappa shape index (κ2) is 21.0. The summed E-state index contributed by atoms with van der Waals surface area (Å²) in [5.74, 6) is -0.850. The van der Waals surface area contributed by atoms with E-state index in [9.17, 15) is 29.1 Å². The number of imide groups is 1. The van der Waals surface area contributed by atoms with E-state index in [2.05, 4.69) is 37.0 Å². The van der Waals surface area contributed by atoms with E-state index in [1.165, 1.54) is 11.3 Å². The lowest BCUT2D eigenvalue weighted by Crippen LogP contribution is -2.46. The van der Waals surface area contributed by atoms with E-state index in [-0.39, 0.29) is 42.3 Å². The van der Waals surface area contributed by atoms with Crippen molar-refractivity contribution in [3.05, 3.63) is 125 Å². The molecule has 75 heavy (non-hydrogen) atoms. The average Bonchev–Trinajstić information content (AvgIpc) is 3.95. The van der Waals surface area contributed by atoms with Crippen LogP contribution in [0.4, 0.5) is 16.6 Å². The Bertz CT molecular complexity index is 3340. The van der Waals surface area contributed by atoms with E-state index < -0.39 is 23.1 Å². The Balaban J connectivity index is 0.751. The van der Waals surface area contributed by atoms with Crippen molar-refractivity contribution >= 4 is 78.7 Å². The minimum atomic E-state index is -0.894. The van der Waals surface area contributed by atoms with Crippen molar-refractivity contribution in [2.45, 2.75) is 96.3 Å². The number of hydrogen-bond acceptors (Lipinski definition) is 14. The number of hydrogen-bond donors (Lipinski definition) is 4. The maximum Gasteiger partial charge on any atom is 0.358 e. The lowest BCUT2D eigenvalue weighted by Gasteiger charge is -2.38. The van der Waals surface area contributed by atoms with Gasteiger partial charge in [-0.2, -0.15) is 5.10 Å². The van der Waals surface area contributed by atoms with Crippen molar-refractivity contribution in [3.63, 3.8) is 0 Å². The fourth-order valence-electron chi connectivity index (χ4n) is 10.4. The normalized spacial score (nSPS) is 16.9. The Morgan fingerprint density at radius 1 is 0.907 bits per heavy atom. The molecule has 10 rings (SSSR count). The molecule has 2 fully saturated rings. The summed E-state index contributed by atoms with van der Waals surface area (Å²) < 4.78 is 15.0. The first-order valence-electron chi connectivity index (χ1n) is 25.5. The average molecular weight is 1030 g/mol. The highest BCUT2D eigenvalue weighted by Gasteiger charge is 2.34. The predicted molar refractivity (Wildman–Crippen MR) is 288 cm³/mol. The molecule has 3 aliphatic heterocycles. The summed E-state index contributed by atoms with van der Waals surface area (Å²) in [7, 11) is 1.79. The fourth-order valence-corrected chi connectivity index (χ4v) is 11.3. The third-order valence-corrected chi connectivity index (χ3v) is 15.3. The van der Waals surface area contributed by atoms with Crippen molar-refractivity contribution in [1.29, 1.82) is 0 Å². The number of thiazole rings is 1. The van der Waals surface area contributed by atoms with Crippen LogP contribution in [0.25, 0.3) is 32.2 Å². The topological polar surface area (TPSA) is 210 Å². The smallest absolute Gasteiger partial charge is 0.358 e. The van der Waals surface area contributed by atoms with E-state index >= 15 is 0 Å². The molecule has 0 spiro atoms.